The van der Waals surface area contributed by atoms with E-state index in [0.717, 1.165) is 17.2 Å². The number of halogens is 1. The molecule has 0 fully saturated rings. The van der Waals surface area contributed by atoms with Crippen LogP contribution in [0.2, 0.25) is 0 Å². The predicted molar refractivity (Wildman–Crippen MR) is 124 cm³/mol. The number of carbonyl (C=O) groups is 1. The van der Waals surface area contributed by atoms with Crippen LogP contribution in [0.25, 0.3) is 0 Å². The molecule has 0 saturated carbocycles. The lowest BCUT2D eigenvalue weighted by Gasteiger charge is -2.29. The molecule has 0 spiro atoms. The van der Waals surface area contributed by atoms with Crippen LogP contribution in [0.3, 0.4) is 0 Å². The first-order chi connectivity index (χ1) is 14.2. The van der Waals surface area contributed by atoms with Gasteiger partial charge in [0, 0.05) is 17.3 Å². The van der Waals surface area contributed by atoms with Gasteiger partial charge in [0.1, 0.15) is 18.5 Å². The first kappa shape index (κ1) is 27.5. The van der Waals surface area contributed by atoms with Crippen LogP contribution in [-0.2, 0) is 29.2 Å². The third kappa shape index (κ3) is 7.85. The molecule has 5 nitrogen and oxygen atoms in total. The van der Waals surface area contributed by atoms with Crippen LogP contribution in [0.4, 0.5) is 4.39 Å². The summed E-state index contributed by atoms with van der Waals surface area (Å²) < 4.78 is 43.5. The highest BCUT2D eigenvalue weighted by Gasteiger charge is 2.28. The number of allylic oxidation sites excluding steroid dienone is 1. The van der Waals surface area contributed by atoms with Crippen LogP contribution in [0.5, 0.6) is 5.75 Å². The lowest BCUT2D eigenvalue weighted by molar-refractivity contribution is -0.116. The van der Waals surface area contributed by atoms with Crippen molar-refractivity contribution < 1.29 is 27.5 Å². The summed E-state index contributed by atoms with van der Waals surface area (Å²) in [5, 5.41) is 0. The molecule has 0 aliphatic carbocycles. The predicted octanol–water partition coefficient (Wildman–Crippen LogP) is 6.69. The number of methoxy groups -OCH3 is 1. The average Bonchev–Trinajstić information content (AvgIpc) is 2.68. The summed E-state index contributed by atoms with van der Waals surface area (Å²) in [6.45, 7) is 15.5. The van der Waals surface area contributed by atoms with Crippen molar-refractivity contribution in [1.82, 2.24) is 0 Å². The van der Waals surface area contributed by atoms with Crippen LogP contribution < -0.4 is 4.74 Å². The molecule has 1 aromatic rings. The van der Waals surface area contributed by atoms with Gasteiger partial charge in [-0.2, -0.15) is 0 Å². The number of rotatable bonds is 10. The first-order valence-corrected chi connectivity index (χ1v) is 12.4. The largest absolute Gasteiger partial charge is 0.496 e. The van der Waals surface area contributed by atoms with Gasteiger partial charge in [-0.3, -0.25) is 9.36 Å². The molecule has 0 aromatic heterocycles. The SMILES string of the molecule is CCOP(=O)(CC)OCC(=O)C=CC(F)c1cc(C(C)(C)C)cc(C(C)(C)C)c1OC. The minimum Gasteiger partial charge on any atom is -0.496 e. The van der Waals surface area contributed by atoms with Gasteiger partial charge in [-0.05, 0) is 41.5 Å². The number of ketones is 1. The monoisotopic (exact) mass is 456 g/mol. The van der Waals surface area contributed by atoms with Crippen molar-refractivity contribution in [2.45, 2.75) is 72.4 Å². The second kappa shape index (κ2) is 10.9. The Labute approximate surface area is 186 Å². The Hall–Kier alpha value is -1.49. The second-order valence-corrected chi connectivity index (χ2v) is 11.9. The quantitative estimate of drug-likeness (QED) is 0.290. The van der Waals surface area contributed by atoms with Crippen molar-refractivity contribution in [3.63, 3.8) is 0 Å². The zero-order chi connectivity index (χ0) is 24.0. The zero-order valence-corrected chi connectivity index (χ0v) is 21.3. The van der Waals surface area contributed by atoms with Gasteiger partial charge in [-0.25, -0.2) is 4.39 Å². The Morgan fingerprint density at radius 2 is 1.71 bits per heavy atom. The number of hydrogen-bond acceptors (Lipinski definition) is 5. The first-order valence-electron chi connectivity index (χ1n) is 10.6. The van der Waals surface area contributed by atoms with Gasteiger partial charge in [0.15, 0.2) is 5.78 Å². The molecule has 0 radical (unpaired) electrons. The van der Waals surface area contributed by atoms with Crippen molar-refractivity contribution >= 4 is 13.4 Å². The topological polar surface area (TPSA) is 61.8 Å². The highest BCUT2D eigenvalue weighted by molar-refractivity contribution is 7.53. The third-order valence-electron chi connectivity index (χ3n) is 4.86. The summed E-state index contributed by atoms with van der Waals surface area (Å²) >= 11 is 0. The lowest BCUT2D eigenvalue weighted by atomic mass is 9.78. The normalized spacial score (nSPS) is 15.7. The summed E-state index contributed by atoms with van der Waals surface area (Å²) in [6, 6.07) is 3.86. The smallest absolute Gasteiger partial charge is 0.330 e. The molecular formula is C24H38FO5P. The number of hydrogen-bond donors (Lipinski definition) is 0. The van der Waals surface area contributed by atoms with Crippen LogP contribution >= 0.6 is 7.60 Å². The molecule has 0 aliphatic rings. The van der Waals surface area contributed by atoms with Gasteiger partial charge in [-0.1, -0.05) is 54.5 Å². The molecule has 176 valence electrons. The summed E-state index contributed by atoms with van der Waals surface area (Å²) in [5.41, 5.74) is 1.82. The molecule has 0 saturated heterocycles. The molecule has 2 unspecified atom stereocenters. The maximum absolute atomic E-state index is 15.3. The third-order valence-corrected chi connectivity index (χ3v) is 6.81. The molecule has 1 aromatic carbocycles. The van der Waals surface area contributed by atoms with Crippen molar-refractivity contribution in [3.8, 4) is 5.75 Å². The molecule has 7 heteroatoms. The second-order valence-electron chi connectivity index (χ2n) is 9.49. The molecule has 1 rings (SSSR count). The summed E-state index contributed by atoms with van der Waals surface area (Å²) in [5.74, 6) is -0.00815. The van der Waals surface area contributed by atoms with Gasteiger partial charge < -0.3 is 13.8 Å². The van der Waals surface area contributed by atoms with E-state index in [4.69, 9.17) is 13.8 Å². The minimum absolute atomic E-state index is 0.163. The Kier molecular flexibility index (Phi) is 9.68. The van der Waals surface area contributed by atoms with E-state index >= 15 is 4.39 Å². The fourth-order valence-corrected chi connectivity index (χ4v) is 4.15. The molecule has 0 heterocycles. The van der Waals surface area contributed by atoms with E-state index in [9.17, 15) is 9.36 Å². The minimum atomic E-state index is -3.29. The Bertz CT molecular complexity index is 834. The number of benzene rings is 1. The maximum atomic E-state index is 15.3. The average molecular weight is 457 g/mol. The summed E-state index contributed by atoms with van der Waals surface area (Å²) in [7, 11) is -1.77. The number of ether oxygens (including phenoxy) is 1. The number of carbonyl (C=O) groups excluding carboxylic acids is 1. The van der Waals surface area contributed by atoms with Gasteiger partial charge in [0.05, 0.1) is 13.7 Å². The van der Waals surface area contributed by atoms with E-state index in [1.54, 1.807) is 19.9 Å². The van der Waals surface area contributed by atoms with Gasteiger partial charge in [-0.15, -0.1) is 0 Å². The Morgan fingerprint density at radius 1 is 1.10 bits per heavy atom. The molecule has 2 atom stereocenters. The molecule has 31 heavy (non-hydrogen) atoms. The van der Waals surface area contributed by atoms with Crippen molar-refractivity contribution in [3.05, 3.63) is 41.0 Å². The van der Waals surface area contributed by atoms with Crippen molar-refractivity contribution in [2.24, 2.45) is 0 Å². The van der Waals surface area contributed by atoms with E-state index in [2.05, 4.69) is 47.6 Å². The van der Waals surface area contributed by atoms with Crippen LogP contribution in [-0.4, -0.2) is 32.3 Å². The van der Waals surface area contributed by atoms with Crippen LogP contribution in [0, 0.1) is 0 Å². The Balaban J connectivity index is 3.20. The van der Waals surface area contributed by atoms with Crippen LogP contribution in [0.15, 0.2) is 24.3 Å². The van der Waals surface area contributed by atoms with E-state index in [1.165, 1.54) is 13.2 Å². The standard InChI is InChI=1S/C24H38FO5P/c1-10-29-31(27,11-2)30-16-18(26)12-13-21(25)19-14-17(23(3,4)5)15-20(22(19)28-9)24(6,7)8/h12-15,21H,10-11,16H2,1-9H3. The molecule has 0 aliphatic heterocycles. The molecular weight excluding hydrogens is 418 g/mol. The highest BCUT2D eigenvalue weighted by atomic mass is 31.2. The fraction of sp³-hybridized carbons (Fsp3) is 0.625. The molecule has 0 amide bonds. The fourth-order valence-electron chi connectivity index (χ4n) is 3.00. The summed E-state index contributed by atoms with van der Waals surface area (Å²) in [4.78, 5) is 12.2. The van der Waals surface area contributed by atoms with E-state index in [1.807, 2.05) is 0 Å². The molecule has 0 bridgehead atoms. The van der Waals surface area contributed by atoms with Crippen molar-refractivity contribution in [1.29, 1.82) is 0 Å². The van der Waals surface area contributed by atoms with Gasteiger partial charge in [0.25, 0.3) is 0 Å². The highest BCUT2D eigenvalue weighted by Crippen LogP contribution is 2.47. The van der Waals surface area contributed by atoms with E-state index < -0.39 is 26.2 Å². The number of alkyl halides is 1. The maximum Gasteiger partial charge on any atom is 0.330 e. The van der Waals surface area contributed by atoms with E-state index in [-0.39, 0.29) is 23.6 Å². The van der Waals surface area contributed by atoms with Gasteiger partial charge >= 0.3 is 7.60 Å². The summed E-state index contributed by atoms with van der Waals surface area (Å²) in [6.07, 6.45) is 0.916. The Morgan fingerprint density at radius 3 is 2.16 bits per heavy atom. The molecule has 0 N–H and O–H groups in total. The van der Waals surface area contributed by atoms with E-state index in [0.29, 0.717) is 11.3 Å². The van der Waals surface area contributed by atoms with Crippen molar-refractivity contribution in [2.75, 3.05) is 26.5 Å². The lowest BCUT2D eigenvalue weighted by Crippen LogP contribution is -2.19. The zero-order valence-electron chi connectivity index (χ0n) is 20.4. The van der Waals surface area contributed by atoms with Crippen LogP contribution in [0.1, 0.15) is 78.3 Å². The van der Waals surface area contributed by atoms with Gasteiger partial charge in [0.2, 0.25) is 0 Å².